The second-order valence-electron chi connectivity index (χ2n) is 4.49. The van der Waals surface area contributed by atoms with E-state index in [2.05, 4.69) is 20.2 Å². The maximum absolute atomic E-state index is 5.34. The summed E-state index contributed by atoms with van der Waals surface area (Å²) in [4.78, 5) is 8.25. The minimum atomic E-state index is 0.244. The first-order valence-electron chi connectivity index (χ1n) is 6.43. The van der Waals surface area contributed by atoms with E-state index in [1.807, 2.05) is 18.2 Å². The fourth-order valence-electron chi connectivity index (χ4n) is 2.07. The molecule has 0 radical (unpaired) electrons. The van der Waals surface area contributed by atoms with Crippen molar-refractivity contribution in [1.29, 1.82) is 0 Å². The number of hydrogen-bond acceptors (Lipinski definition) is 7. The molecule has 0 N–H and O–H groups in total. The van der Waals surface area contributed by atoms with Crippen molar-refractivity contribution < 1.29 is 14.0 Å². The summed E-state index contributed by atoms with van der Waals surface area (Å²) in [5.41, 5.74) is 0.829. The Balaban J connectivity index is 1.51. The lowest BCUT2D eigenvalue weighted by Gasteiger charge is -1.97. The fraction of sp³-hybridized carbons (Fsp3) is 0.231. The van der Waals surface area contributed by atoms with Gasteiger partial charge in [-0.3, -0.25) is 4.68 Å². The number of nitrogens with zero attached hydrogens (tertiary/aromatic N) is 5. The first-order chi connectivity index (χ1) is 10.4. The van der Waals surface area contributed by atoms with Crippen molar-refractivity contribution in [2.75, 3.05) is 6.79 Å². The zero-order valence-electron chi connectivity index (χ0n) is 11.0. The van der Waals surface area contributed by atoms with Crippen LogP contribution in [0.4, 0.5) is 0 Å². The molecular weight excluding hydrogens is 274 g/mol. The van der Waals surface area contributed by atoms with E-state index in [4.69, 9.17) is 14.0 Å². The van der Waals surface area contributed by atoms with Crippen LogP contribution in [0.25, 0.3) is 11.4 Å². The van der Waals surface area contributed by atoms with Crippen LogP contribution in [-0.4, -0.2) is 31.7 Å². The molecule has 3 heterocycles. The molecule has 1 aromatic carbocycles. The third kappa shape index (κ3) is 2.31. The topological polar surface area (TPSA) is 88.1 Å². The third-order valence-corrected chi connectivity index (χ3v) is 3.12. The number of ether oxygens (including phenoxy) is 2. The monoisotopic (exact) mass is 285 g/mol. The highest BCUT2D eigenvalue weighted by atomic mass is 16.7. The number of rotatable bonds is 4. The van der Waals surface area contributed by atoms with Crippen molar-refractivity contribution >= 4 is 0 Å². The molecule has 0 saturated heterocycles. The molecule has 4 rings (SSSR count). The summed E-state index contributed by atoms with van der Waals surface area (Å²) >= 11 is 0. The molecule has 21 heavy (non-hydrogen) atoms. The van der Waals surface area contributed by atoms with Crippen LogP contribution in [0.15, 0.2) is 35.4 Å². The van der Waals surface area contributed by atoms with Gasteiger partial charge in [0.05, 0.1) is 6.54 Å². The van der Waals surface area contributed by atoms with Crippen molar-refractivity contribution in [3.8, 4) is 22.9 Å². The zero-order chi connectivity index (χ0) is 14.1. The van der Waals surface area contributed by atoms with Gasteiger partial charge in [-0.05, 0) is 18.2 Å². The van der Waals surface area contributed by atoms with Gasteiger partial charge < -0.3 is 14.0 Å². The van der Waals surface area contributed by atoms with Gasteiger partial charge >= 0.3 is 0 Å². The average molecular weight is 285 g/mol. The van der Waals surface area contributed by atoms with E-state index in [1.54, 1.807) is 11.0 Å². The van der Waals surface area contributed by atoms with Crippen LogP contribution in [-0.2, 0) is 13.0 Å². The average Bonchev–Trinajstić information content (AvgIpc) is 3.25. The van der Waals surface area contributed by atoms with E-state index in [0.29, 0.717) is 30.4 Å². The summed E-state index contributed by atoms with van der Waals surface area (Å²) in [6.45, 7) is 0.886. The van der Waals surface area contributed by atoms with Crippen LogP contribution in [0.1, 0.15) is 5.89 Å². The molecule has 106 valence electrons. The van der Waals surface area contributed by atoms with Crippen molar-refractivity contribution in [2.24, 2.45) is 0 Å². The Kier molecular flexibility index (Phi) is 2.77. The molecule has 0 amide bonds. The first kappa shape index (κ1) is 11.9. The van der Waals surface area contributed by atoms with E-state index < -0.39 is 0 Å². The van der Waals surface area contributed by atoms with Gasteiger partial charge in [0.1, 0.15) is 12.7 Å². The Bertz CT molecular complexity index is 753. The highest BCUT2D eigenvalue weighted by Crippen LogP contribution is 2.35. The Morgan fingerprint density at radius 1 is 1.19 bits per heavy atom. The molecule has 1 aliphatic heterocycles. The van der Waals surface area contributed by atoms with Crippen LogP contribution in [0.2, 0.25) is 0 Å². The van der Waals surface area contributed by atoms with Gasteiger partial charge in [0.2, 0.25) is 18.5 Å². The summed E-state index contributed by atoms with van der Waals surface area (Å²) in [6.07, 6.45) is 3.74. The van der Waals surface area contributed by atoms with Gasteiger partial charge in [0, 0.05) is 12.0 Å². The lowest BCUT2D eigenvalue weighted by molar-refractivity contribution is 0.174. The van der Waals surface area contributed by atoms with E-state index in [-0.39, 0.29) is 6.79 Å². The highest BCUT2D eigenvalue weighted by molar-refractivity contribution is 5.61. The van der Waals surface area contributed by atoms with Crippen molar-refractivity contribution in [3.63, 3.8) is 0 Å². The molecule has 0 saturated carbocycles. The van der Waals surface area contributed by atoms with Gasteiger partial charge in [0.15, 0.2) is 11.5 Å². The SMILES string of the molecule is c1ncn(CCc2nc(-c3ccc4c(c3)OCO4)no2)n1. The molecule has 0 atom stereocenters. The largest absolute Gasteiger partial charge is 0.454 e. The number of fused-ring (bicyclic) bond motifs is 1. The second-order valence-corrected chi connectivity index (χ2v) is 4.49. The summed E-state index contributed by atoms with van der Waals surface area (Å²) < 4.78 is 17.6. The molecule has 0 spiro atoms. The standard InChI is InChI=1S/C13H11N5O3/c1-2-10-11(20-8-19-10)5-9(1)13-16-12(21-17-13)3-4-18-7-14-6-15-18/h1-2,5-7H,3-4,8H2. The zero-order valence-corrected chi connectivity index (χ0v) is 11.0. The number of aromatic nitrogens is 5. The molecule has 0 bridgehead atoms. The van der Waals surface area contributed by atoms with E-state index in [0.717, 1.165) is 11.3 Å². The Hall–Kier alpha value is -2.90. The Labute approximate surface area is 119 Å². The molecule has 0 unspecified atom stereocenters. The molecule has 0 aliphatic carbocycles. The molecule has 3 aromatic rings. The van der Waals surface area contributed by atoms with Crippen LogP contribution < -0.4 is 9.47 Å². The molecule has 8 nitrogen and oxygen atoms in total. The van der Waals surface area contributed by atoms with Gasteiger partial charge in [0.25, 0.3) is 0 Å². The Morgan fingerprint density at radius 2 is 2.14 bits per heavy atom. The number of aryl methyl sites for hydroxylation is 2. The van der Waals surface area contributed by atoms with Gasteiger partial charge in [-0.1, -0.05) is 5.16 Å². The van der Waals surface area contributed by atoms with E-state index in [1.165, 1.54) is 6.33 Å². The van der Waals surface area contributed by atoms with E-state index >= 15 is 0 Å². The predicted molar refractivity (Wildman–Crippen MR) is 69.6 cm³/mol. The smallest absolute Gasteiger partial charge is 0.231 e. The van der Waals surface area contributed by atoms with Crippen LogP contribution >= 0.6 is 0 Å². The minimum Gasteiger partial charge on any atom is -0.454 e. The molecule has 0 fully saturated rings. The van der Waals surface area contributed by atoms with Crippen LogP contribution in [0.3, 0.4) is 0 Å². The summed E-state index contributed by atoms with van der Waals surface area (Å²) in [5, 5.41) is 8.00. The molecule has 2 aromatic heterocycles. The van der Waals surface area contributed by atoms with Crippen molar-refractivity contribution in [1.82, 2.24) is 24.9 Å². The predicted octanol–water partition coefficient (Wildman–Crippen LogP) is 1.30. The van der Waals surface area contributed by atoms with Crippen molar-refractivity contribution in [2.45, 2.75) is 13.0 Å². The third-order valence-electron chi connectivity index (χ3n) is 3.12. The summed E-state index contributed by atoms with van der Waals surface area (Å²) in [7, 11) is 0. The fourth-order valence-corrected chi connectivity index (χ4v) is 2.07. The summed E-state index contributed by atoms with van der Waals surface area (Å²) in [5.74, 6) is 2.51. The number of benzene rings is 1. The van der Waals surface area contributed by atoms with Crippen LogP contribution in [0.5, 0.6) is 11.5 Å². The van der Waals surface area contributed by atoms with Gasteiger partial charge in [-0.15, -0.1) is 0 Å². The Morgan fingerprint density at radius 3 is 3.05 bits per heavy atom. The quantitative estimate of drug-likeness (QED) is 0.713. The molecular formula is C13H11N5O3. The van der Waals surface area contributed by atoms with Crippen molar-refractivity contribution in [3.05, 3.63) is 36.7 Å². The first-order valence-corrected chi connectivity index (χ1v) is 6.43. The highest BCUT2D eigenvalue weighted by Gasteiger charge is 2.16. The van der Waals surface area contributed by atoms with Gasteiger partial charge in [-0.2, -0.15) is 10.1 Å². The maximum atomic E-state index is 5.34. The van der Waals surface area contributed by atoms with E-state index in [9.17, 15) is 0 Å². The maximum Gasteiger partial charge on any atom is 0.231 e. The lowest BCUT2D eigenvalue weighted by atomic mass is 10.2. The normalized spacial score (nSPS) is 12.8. The number of hydrogen-bond donors (Lipinski definition) is 0. The molecule has 8 heteroatoms. The van der Waals surface area contributed by atoms with Gasteiger partial charge in [-0.25, -0.2) is 4.98 Å². The minimum absolute atomic E-state index is 0.244. The second kappa shape index (κ2) is 4.89. The lowest BCUT2D eigenvalue weighted by Crippen LogP contribution is -2.01. The van der Waals surface area contributed by atoms with Crippen LogP contribution in [0, 0.1) is 0 Å². The molecule has 1 aliphatic rings. The summed E-state index contributed by atoms with van der Waals surface area (Å²) in [6, 6.07) is 5.55.